The quantitative estimate of drug-likeness (QED) is 0.904. The highest BCUT2D eigenvalue weighted by atomic mass is 16.2. The molecule has 0 saturated carbocycles. The van der Waals surface area contributed by atoms with Gasteiger partial charge in [-0.2, -0.15) is 0 Å². The number of aryl methyl sites for hydroxylation is 1. The van der Waals surface area contributed by atoms with Crippen LogP contribution >= 0.6 is 0 Å². The standard InChI is InChI=1S/C17H26N2O2/c1-11(2)15-9-7-8-13(5)17(15)18-16(21)10-19(12(3)4)14(6)20/h7-9,11-12H,10H2,1-6H3,(H,18,21). The Hall–Kier alpha value is -1.84. The van der Waals surface area contributed by atoms with Crippen molar-refractivity contribution in [2.45, 2.75) is 53.5 Å². The van der Waals surface area contributed by atoms with Crippen LogP contribution in [0.25, 0.3) is 0 Å². The number of anilines is 1. The van der Waals surface area contributed by atoms with E-state index in [0.717, 1.165) is 16.8 Å². The summed E-state index contributed by atoms with van der Waals surface area (Å²) in [6.45, 7) is 11.6. The summed E-state index contributed by atoms with van der Waals surface area (Å²) < 4.78 is 0. The molecule has 0 heterocycles. The molecule has 1 rings (SSSR count). The molecule has 0 spiro atoms. The van der Waals surface area contributed by atoms with Crippen molar-refractivity contribution < 1.29 is 9.59 Å². The summed E-state index contributed by atoms with van der Waals surface area (Å²) in [6, 6.07) is 6.01. The number of hydrogen-bond donors (Lipinski definition) is 1. The first-order chi connectivity index (χ1) is 9.73. The van der Waals surface area contributed by atoms with Gasteiger partial charge in [0.05, 0.1) is 0 Å². The van der Waals surface area contributed by atoms with E-state index >= 15 is 0 Å². The molecular formula is C17H26N2O2. The van der Waals surface area contributed by atoms with Gasteiger partial charge >= 0.3 is 0 Å². The van der Waals surface area contributed by atoms with E-state index in [1.54, 1.807) is 4.90 Å². The molecule has 4 nitrogen and oxygen atoms in total. The normalized spacial score (nSPS) is 10.9. The average Bonchev–Trinajstić information content (AvgIpc) is 2.37. The molecule has 0 atom stereocenters. The van der Waals surface area contributed by atoms with Crippen molar-refractivity contribution >= 4 is 17.5 Å². The fourth-order valence-corrected chi connectivity index (χ4v) is 2.33. The zero-order chi connectivity index (χ0) is 16.2. The van der Waals surface area contributed by atoms with Crippen molar-refractivity contribution in [3.63, 3.8) is 0 Å². The third-order valence-electron chi connectivity index (χ3n) is 3.53. The molecule has 0 unspecified atom stereocenters. The number of rotatable bonds is 5. The SMILES string of the molecule is CC(=O)N(CC(=O)Nc1c(C)cccc1C(C)C)C(C)C. The molecule has 1 aromatic rings. The summed E-state index contributed by atoms with van der Waals surface area (Å²) in [5, 5.41) is 2.97. The van der Waals surface area contributed by atoms with Gasteiger partial charge in [0.15, 0.2) is 0 Å². The number of benzene rings is 1. The average molecular weight is 290 g/mol. The topological polar surface area (TPSA) is 49.4 Å². The number of amides is 2. The van der Waals surface area contributed by atoms with Crippen molar-refractivity contribution in [2.75, 3.05) is 11.9 Å². The molecule has 0 radical (unpaired) electrons. The van der Waals surface area contributed by atoms with Crippen LogP contribution in [0.2, 0.25) is 0 Å². The fourth-order valence-electron chi connectivity index (χ4n) is 2.33. The van der Waals surface area contributed by atoms with Gasteiger partial charge in [-0.3, -0.25) is 9.59 Å². The zero-order valence-corrected chi connectivity index (χ0v) is 13.9. The van der Waals surface area contributed by atoms with E-state index in [1.807, 2.05) is 39.0 Å². The van der Waals surface area contributed by atoms with Crippen LogP contribution in [0.3, 0.4) is 0 Å². The van der Waals surface area contributed by atoms with Gasteiger partial charge in [0.1, 0.15) is 6.54 Å². The molecule has 0 fully saturated rings. The van der Waals surface area contributed by atoms with Crippen LogP contribution in [0.5, 0.6) is 0 Å². The minimum absolute atomic E-state index is 0.00897. The largest absolute Gasteiger partial charge is 0.331 e. The van der Waals surface area contributed by atoms with E-state index in [9.17, 15) is 9.59 Å². The van der Waals surface area contributed by atoms with Crippen LogP contribution in [0.1, 0.15) is 51.7 Å². The van der Waals surface area contributed by atoms with Crippen LogP contribution in [0.15, 0.2) is 18.2 Å². The molecule has 116 valence electrons. The smallest absolute Gasteiger partial charge is 0.244 e. The number of nitrogens with one attached hydrogen (secondary N) is 1. The molecule has 0 bridgehead atoms. The Bertz CT molecular complexity index is 522. The number of hydrogen-bond acceptors (Lipinski definition) is 2. The highest BCUT2D eigenvalue weighted by Crippen LogP contribution is 2.27. The molecule has 0 aliphatic carbocycles. The van der Waals surface area contributed by atoms with Gasteiger partial charge in [-0.05, 0) is 37.8 Å². The van der Waals surface area contributed by atoms with Crippen LogP contribution < -0.4 is 5.32 Å². The third kappa shape index (κ3) is 4.59. The molecule has 2 amide bonds. The number of para-hydroxylation sites is 1. The van der Waals surface area contributed by atoms with E-state index in [4.69, 9.17) is 0 Å². The second kappa shape index (κ2) is 7.25. The Morgan fingerprint density at radius 3 is 2.29 bits per heavy atom. The Morgan fingerprint density at radius 1 is 1.19 bits per heavy atom. The lowest BCUT2D eigenvalue weighted by Crippen LogP contribution is -2.41. The van der Waals surface area contributed by atoms with Crippen LogP contribution in [-0.4, -0.2) is 29.3 Å². The Labute approximate surface area is 127 Å². The van der Waals surface area contributed by atoms with Crippen molar-refractivity contribution in [3.8, 4) is 0 Å². The Balaban J connectivity index is 2.91. The number of nitrogens with zero attached hydrogens (tertiary/aromatic N) is 1. The molecule has 21 heavy (non-hydrogen) atoms. The minimum Gasteiger partial charge on any atom is -0.331 e. The first-order valence-corrected chi connectivity index (χ1v) is 7.40. The van der Waals surface area contributed by atoms with Gasteiger partial charge in [0.25, 0.3) is 0 Å². The van der Waals surface area contributed by atoms with Crippen LogP contribution in [-0.2, 0) is 9.59 Å². The number of carbonyl (C=O) groups excluding carboxylic acids is 2. The summed E-state index contributed by atoms with van der Waals surface area (Å²) >= 11 is 0. The minimum atomic E-state index is -0.157. The Kier molecular flexibility index (Phi) is 5.94. The molecule has 0 aliphatic heterocycles. The zero-order valence-electron chi connectivity index (χ0n) is 13.9. The fraction of sp³-hybridized carbons (Fsp3) is 0.529. The van der Waals surface area contributed by atoms with E-state index < -0.39 is 0 Å². The summed E-state index contributed by atoms with van der Waals surface area (Å²) in [6.07, 6.45) is 0. The van der Waals surface area contributed by atoms with Crippen LogP contribution in [0, 0.1) is 6.92 Å². The first-order valence-electron chi connectivity index (χ1n) is 7.40. The van der Waals surface area contributed by atoms with Crippen molar-refractivity contribution in [3.05, 3.63) is 29.3 Å². The maximum Gasteiger partial charge on any atom is 0.244 e. The predicted octanol–water partition coefficient (Wildman–Crippen LogP) is 3.31. The molecular weight excluding hydrogens is 264 g/mol. The highest BCUT2D eigenvalue weighted by molar-refractivity contribution is 5.95. The van der Waals surface area contributed by atoms with Gasteiger partial charge in [0.2, 0.25) is 11.8 Å². The van der Waals surface area contributed by atoms with Gasteiger partial charge in [-0.25, -0.2) is 0 Å². The van der Waals surface area contributed by atoms with E-state index in [0.29, 0.717) is 5.92 Å². The summed E-state index contributed by atoms with van der Waals surface area (Å²) in [5.74, 6) is 0.0818. The third-order valence-corrected chi connectivity index (χ3v) is 3.53. The summed E-state index contributed by atoms with van der Waals surface area (Å²) in [7, 11) is 0. The molecule has 0 saturated heterocycles. The summed E-state index contributed by atoms with van der Waals surface area (Å²) in [4.78, 5) is 25.4. The van der Waals surface area contributed by atoms with Crippen LogP contribution in [0.4, 0.5) is 5.69 Å². The Morgan fingerprint density at radius 2 is 1.81 bits per heavy atom. The maximum absolute atomic E-state index is 12.3. The lowest BCUT2D eigenvalue weighted by atomic mass is 9.98. The maximum atomic E-state index is 12.3. The second-order valence-corrected chi connectivity index (χ2v) is 5.98. The second-order valence-electron chi connectivity index (χ2n) is 5.98. The lowest BCUT2D eigenvalue weighted by molar-refractivity contribution is -0.134. The van der Waals surface area contributed by atoms with Gasteiger partial charge in [-0.1, -0.05) is 32.0 Å². The van der Waals surface area contributed by atoms with Gasteiger partial charge in [0, 0.05) is 18.7 Å². The molecule has 1 N–H and O–H groups in total. The summed E-state index contributed by atoms with van der Waals surface area (Å²) in [5.41, 5.74) is 3.01. The molecule has 4 heteroatoms. The van der Waals surface area contributed by atoms with E-state index in [1.165, 1.54) is 6.92 Å². The highest BCUT2D eigenvalue weighted by Gasteiger charge is 2.18. The molecule has 1 aromatic carbocycles. The van der Waals surface area contributed by atoms with Crippen molar-refractivity contribution in [1.29, 1.82) is 0 Å². The lowest BCUT2D eigenvalue weighted by Gasteiger charge is -2.25. The van der Waals surface area contributed by atoms with Crippen molar-refractivity contribution in [2.24, 2.45) is 0 Å². The predicted molar refractivity (Wildman–Crippen MR) is 86.4 cm³/mol. The van der Waals surface area contributed by atoms with E-state index in [-0.39, 0.29) is 24.4 Å². The van der Waals surface area contributed by atoms with Gasteiger partial charge in [-0.15, -0.1) is 0 Å². The number of carbonyl (C=O) groups is 2. The molecule has 0 aliphatic rings. The van der Waals surface area contributed by atoms with Gasteiger partial charge < -0.3 is 10.2 Å². The monoisotopic (exact) mass is 290 g/mol. The van der Waals surface area contributed by atoms with Crippen molar-refractivity contribution in [1.82, 2.24) is 4.90 Å². The first kappa shape index (κ1) is 17.2. The van der Waals surface area contributed by atoms with E-state index in [2.05, 4.69) is 19.2 Å². The molecule has 0 aromatic heterocycles.